The van der Waals surface area contributed by atoms with Gasteiger partial charge in [-0.2, -0.15) is 0 Å². The Morgan fingerprint density at radius 3 is 2.68 bits per heavy atom. The summed E-state index contributed by atoms with van der Waals surface area (Å²) in [5.41, 5.74) is 5.97. The Labute approximate surface area is 111 Å². The van der Waals surface area contributed by atoms with E-state index in [1.807, 2.05) is 24.1 Å². The van der Waals surface area contributed by atoms with E-state index < -0.39 is 6.09 Å². The van der Waals surface area contributed by atoms with Crippen molar-refractivity contribution in [3.05, 3.63) is 29.8 Å². The Bertz CT molecular complexity index is 473. The molecule has 1 aromatic rings. The quantitative estimate of drug-likeness (QED) is 0.826. The molecule has 1 aliphatic heterocycles. The number of amides is 2. The molecular formula is C13H17N3O3. The van der Waals surface area contributed by atoms with Crippen molar-refractivity contribution < 1.29 is 14.3 Å². The highest BCUT2D eigenvalue weighted by molar-refractivity contribution is 5.83. The molecule has 102 valence electrons. The predicted molar refractivity (Wildman–Crippen MR) is 69.5 cm³/mol. The Hall–Kier alpha value is -2.08. The van der Waals surface area contributed by atoms with Crippen LogP contribution < -0.4 is 15.8 Å². The van der Waals surface area contributed by atoms with Crippen molar-refractivity contribution in [2.45, 2.75) is 19.0 Å². The molecule has 0 radical (unpaired) electrons. The zero-order chi connectivity index (χ0) is 13.8. The summed E-state index contributed by atoms with van der Waals surface area (Å²) in [5, 5.41) is 2.82. The second-order valence-electron chi connectivity index (χ2n) is 4.58. The highest BCUT2D eigenvalue weighted by Gasteiger charge is 2.27. The second kappa shape index (κ2) is 5.71. The highest BCUT2D eigenvalue weighted by atomic mass is 16.5. The summed E-state index contributed by atoms with van der Waals surface area (Å²) in [6.07, 6.45) is 0.00516. The maximum atomic E-state index is 11.6. The van der Waals surface area contributed by atoms with Gasteiger partial charge in [-0.3, -0.25) is 9.69 Å². The first-order valence-corrected chi connectivity index (χ1v) is 6.10. The molecule has 1 aliphatic rings. The van der Waals surface area contributed by atoms with Gasteiger partial charge < -0.3 is 15.8 Å². The molecule has 6 nitrogen and oxygen atoms in total. The minimum Gasteiger partial charge on any atom is -0.411 e. The fourth-order valence-electron chi connectivity index (χ4n) is 2.18. The maximum absolute atomic E-state index is 11.6. The summed E-state index contributed by atoms with van der Waals surface area (Å²) >= 11 is 0. The van der Waals surface area contributed by atoms with Gasteiger partial charge in [0.05, 0.1) is 6.04 Å². The molecule has 1 atom stereocenters. The van der Waals surface area contributed by atoms with Crippen LogP contribution >= 0.6 is 0 Å². The number of primary amides is 1. The molecule has 2 amide bonds. The lowest BCUT2D eigenvalue weighted by Crippen LogP contribution is -2.37. The van der Waals surface area contributed by atoms with E-state index in [0.29, 0.717) is 12.3 Å². The van der Waals surface area contributed by atoms with Crippen LogP contribution in [0.4, 0.5) is 4.79 Å². The summed E-state index contributed by atoms with van der Waals surface area (Å²) in [6, 6.07) is 7.00. The van der Waals surface area contributed by atoms with Gasteiger partial charge in [-0.25, -0.2) is 4.79 Å². The first kappa shape index (κ1) is 13.4. The summed E-state index contributed by atoms with van der Waals surface area (Å²) in [4.78, 5) is 24.2. The van der Waals surface area contributed by atoms with Gasteiger partial charge >= 0.3 is 6.09 Å². The number of benzene rings is 1. The second-order valence-corrected chi connectivity index (χ2v) is 4.58. The molecule has 1 aromatic carbocycles. The minimum absolute atomic E-state index is 0.0680. The first-order chi connectivity index (χ1) is 9.06. The van der Waals surface area contributed by atoms with Crippen molar-refractivity contribution in [3.63, 3.8) is 0 Å². The summed E-state index contributed by atoms with van der Waals surface area (Å²) in [5.74, 6) is 0.494. The van der Waals surface area contributed by atoms with Crippen LogP contribution in [0.2, 0.25) is 0 Å². The van der Waals surface area contributed by atoms with Gasteiger partial charge in [0.25, 0.3) is 0 Å². The largest absolute Gasteiger partial charge is 0.411 e. The van der Waals surface area contributed by atoms with Gasteiger partial charge in [-0.15, -0.1) is 0 Å². The number of rotatable bonds is 4. The molecule has 0 aromatic heterocycles. The van der Waals surface area contributed by atoms with E-state index in [-0.39, 0.29) is 11.9 Å². The number of carbonyl (C=O) groups is 2. The Balaban J connectivity index is 1.95. The normalized spacial score (nSPS) is 18.4. The average molecular weight is 263 g/mol. The number of hydrogen-bond donors (Lipinski definition) is 2. The van der Waals surface area contributed by atoms with Crippen LogP contribution in [0.15, 0.2) is 24.3 Å². The number of carbonyl (C=O) groups excluding carboxylic acids is 2. The van der Waals surface area contributed by atoms with Crippen molar-refractivity contribution in [2.75, 3.05) is 13.6 Å². The van der Waals surface area contributed by atoms with Crippen molar-refractivity contribution in [2.24, 2.45) is 5.73 Å². The zero-order valence-corrected chi connectivity index (χ0v) is 10.8. The molecule has 1 saturated heterocycles. The minimum atomic E-state index is -0.826. The molecule has 1 fully saturated rings. The van der Waals surface area contributed by atoms with E-state index in [1.165, 1.54) is 0 Å². The molecule has 6 heteroatoms. The topological polar surface area (TPSA) is 84.7 Å². The van der Waals surface area contributed by atoms with Crippen LogP contribution in [0.1, 0.15) is 12.0 Å². The first-order valence-electron chi connectivity index (χ1n) is 6.10. The third-order valence-corrected chi connectivity index (χ3v) is 3.13. The lowest BCUT2D eigenvalue weighted by molar-refractivity contribution is -0.123. The van der Waals surface area contributed by atoms with Gasteiger partial charge in [-0.1, -0.05) is 12.1 Å². The lowest BCUT2D eigenvalue weighted by atomic mass is 10.1. The summed E-state index contributed by atoms with van der Waals surface area (Å²) in [7, 11) is 1.92. The summed E-state index contributed by atoms with van der Waals surface area (Å²) < 4.78 is 4.75. The Morgan fingerprint density at radius 1 is 1.47 bits per heavy atom. The van der Waals surface area contributed by atoms with Crippen LogP contribution in [-0.2, 0) is 11.3 Å². The molecule has 1 unspecified atom stereocenters. The number of likely N-dealkylation sites (N-methyl/N-ethyl adjacent to an activating group) is 1. The van der Waals surface area contributed by atoms with E-state index in [0.717, 1.165) is 18.5 Å². The van der Waals surface area contributed by atoms with Crippen molar-refractivity contribution in [1.29, 1.82) is 0 Å². The monoisotopic (exact) mass is 263 g/mol. The third-order valence-electron chi connectivity index (χ3n) is 3.13. The number of ether oxygens (including phenoxy) is 1. The smallest absolute Gasteiger partial charge is 0.409 e. The molecule has 2 rings (SSSR count). The highest BCUT2D eigenvalue weighted by Crippen LogP contribution is 2.16. The van der Waals surface area contributed by atoms with Gasteiger partial charge in [0.2, 0.25) is 5.91 Å². The molecule has 0 saturated carbocycles. The van der Waals surface area contributed by atoms with E-state index in [4.69, 9.17) is 10.5 Å². The molecule has 0 spiro atoms. The maximum Gasteiger partial charge on any atom is 0.409 e. The van der Waals surface area contributed by atoms with Crippen molar-refractivity contribution in [3.8, 4) is 5.75 Å². The van der Waals surface area contributed by atoms with E-state index in [2.05, 4.69) is 5.32 Å². The van der Waals surface area contributed by atoms with Gasteiger partial charge in [0.1, 0.15) is 5.75 Å². The third kappa shape index (κ3) is 3.45. The fourth-order valence-corrected chi connectivity index (χ4v) is 2.18. The Kier molecular flexibility index (Phi) is 4.01. The zero-order valence-electron chi connectivity index (χ0n) is 10.8. The van der Waals surface area contributed by atoms with Gasteiger partial charge in [-0.05, 0) is 31.2 Å². The number of nitrogens with zero attached hydrogens (tertiary/aromatic N) is 1. The van der Waals surface area contributed by atoms with Gasteiger partial charge in [0.15, 0.2) is 0 Å². The fraction of sp³-hybridized carbons (Fsp3) is 0.385. The number of nitrogens with one attached hydrogen (secondary N) is 1. The molecule has 3 N–H and O–H groups in total. The molecule has 0 bridgehead atoms. The van der Waals surface area contributed by atoms with Crippen LogP contribution in [0.25, 0.3) is 0 Å². The SMILES string of the molecule is CN(Cc1ccc(OC(N)=O)cc1)C1CCNC1=O. The predicted octanol–water partition coefficient (Wildman–Crippen LogP) is 0.464. The van der Waals surface area contributed by atoms with E-state index in [1.54, 1.807) is 12.1 Å². The molecule has 0 aliphatic carbocycles. The average Bonchev–Trinajstić information content (AvgIpc) is 2.77. The molecule has 19 heavy (non-hydrogen) atoms. The lowest BCUT2D eigenvalue weighted by Gasteiger charge is -2.21. The van der Waals surface area contributed by atoms with Crippen LogP contribution in [0.5, 0.6) is 5.75 Å². The standard InChI is InChI=1S/C13H17N3O3/c1-16(11-6-7-15-12(11)17)8-9-2-4-10(5-3-9)19-13(14)18/h2-5,11H,6-8H2,1H3,(H2,14,18)(H,15,17). The molecular weight excluding hydrogens is 246 g/mol. The van der Waals surface area contributed by atoms with E-state index in [9.17, 15) is 9.59 Å². The van der Waals surface area contributed by atoms with Gasteiger partial charge in [0, 0.05) is 13.1 Å². The van der Waals surface area contributed by atoms with Crippen molar-refractivity contribution >= 4 is 12.0 Å². The molecule has 1 heterocycles. The number of hydrogen-bond acceptors (Lipinski definition) is 4. The van der Waals surface area contributed by atoms with Crippen LogP contribution in [-0.4, -0.2) is 36.5 Å². The van der Waals surface area contributed by atoms with Crippen molar-refractivity contribution in [1.82, 2.24) is 10.2 Å². The number of nitrogens with two attached hydrogens (primary N) is 1. The van der Waals surface area contributed by atoms with Crippen LogP contribution in [0, 0.1) is 0 Å². The van der Waals surface area contributed by atoms with E-state index >= 15 is 0 Å². The Morgan fingerprint density at radius 2 is 2.16 bits per heavy atom. The van der Waals surface area contributed by atoms with Crippen LogP contribution in [0.3, 0.4) is 0 Å². The summed E-state index contributed by atoms with van der Waals surface area (Å²) in [6.45, 7) is 1.40.